The lowest BCUT2D eigenvalue weighted by molar-refractivity contribution is 0.0952. The molecule has 0 bridgehead atoms. The lowest BCUT2D eigenvalue weighted by Crippen LogP contribution is -2.27. The number of pyridine rings is 1. The maximum Gasteiger partial charge on any atom is 0.252 e. The first-order valence-corrected chi connectivity index (χ1v) is 7.80. The highest BCUT2D eigenvalue weighted by Crippen LogP contribution is 2.21. The van der Waals surface area contributed by atoms with E-state index in [1.807, 2.05) is 26.2 Å². The molecule has 0 aromatic carbocycles. The SMILES string of the molecule is CN(C)CCCNC(=O)c1ccc(NC2CCCC2)nc1. The van der Waals surface area contributed by atoms with Crippen LogP contribution in [0.25, 0.3) is 0 Å². The third-order valence-corrected chi connectivity index (χ3v) is 3.80. The van der Waals surface area contributed by atoms with Crippen LogP contribution in [-0.2, 0) is 0 Å². The van der Waals surface area contributed by atoms with Crippen LogP contribution < -0.4 is 10.6 Å². The number of hydrogen-bond donors (Lipinski definition) is 2. The highest BCUT2D eigenvalue weighted by atomic mass is 16.1. The first-order valence-electron chi connectivity index (χ1n) is 7.80. The Balaban J connectivity index is 1.76. The molecule has 2 rings (SSSR count). The summed E-state index contributed by atoms with van der Waals surface area (Å²) in [5.41, 5.74) is 0.622. The molecule has 1 aliphatic rings. The van der Waals surface area contributed by atoms with Crippen molar-refractivity contribution in [3.63, 3.8) is 0 Å². The van der Waals surface area contributed by atoms with Gasteiger partial charge in [-0.15, -0.1) is 0 Å². The summed E-state index contributed by atoms with van der Waals surface area (Å²) in [4.78, 5) is 18.4. The molecule has 0 atom stereocenters. The van der Waals surface area contributed by atoms with Crippen LogP contribution in [0.15, 0.2) is 18.3 Å². The van der Waals surface area contributed by atoms with Gasteiger partial charge in [0.15, 0.2) is 0 Å². The molecule has 1 aliphatic carbocycles. The molecule has 21 heavy (non-hydrogen) atoms. The first-order chi connectivity index (χ1) is 10.1. The summed E-state index contributed by atoms with van der Waals surface area (Å²) in [6.07, 6.45) is 7.63. The van der Waals surface area contributed by atoms with Crippen LogP contribution in [0.3, 0.4) is 0 Å². The van der Waals surface area contributed by atoms with Gasteiger partial charge in [0.05, 0.1) is 5.56 Å². The largest absolute Gasteiger partial charge is 0.367 e. The molecule has 116 valence electrons. The summed E-state index contributed by atoms with van der Waals surface area (Å²) in [6, 6.07) is 4.28. The number of carbonyl (C=O) groups excluding carboxylic acids is 1. The van der Waals surface area contributed by atoms with E-state index in [-0.39, 0.29) is 5.91 Å². The molecule has 0 radical (unpaired) electrons. The molecular formula is C16H26N4O. The summed E-state index contributed by atoms with van der Waals surface area (Å²) >= 11 is 0. The van der Waals surface area contributed by atoms with Crippen LogP contribution in [0.5, 0.6) is 0 Å². The van der Waals surface area contributed by atoms with Crippen molar-refractivity contribution in [1.29, 1.82) is 0 Å². The molecule has 0 spiro atoms. The van der Waals surface area contributed by atoms with E-state index >= 15 is 0 Å². The third kappa shape index (κ3) is 5.34. The molecule has 0 saturated heterocycles. The fraction of sp³-hybridized carbons (Fsp3) is 0.625. The molecule has 0 aliphatic heterocycles. The number of anilines is 1. The number of nitrogens with zero attached hydrogens (tertiary/aromatic N) is 2. The molecule has 5 nitrogen and oxygen atoms in total. The van der Waals surface area contributed by atoms with E-state index in [1.165, 1.54) is 25.7 Å². The van der Waals surface area contributed by atoms with Crippen molar-refractivity contribution in [1.82, 2.24) is 15.2 Å². The van der Waals surface area contributed by atoms with Gasteiger partial charge in [0.25, 0.3) is 5.91 Å². The maximum absolute atomic E-state index is 12.0. The zero-order valence-electron chi connectivity index (χ0n) is 13.1. The molecule has 0 unspecified atom stereocenters. The maximum atomic E-state index is 12.0. The van der Waals surface area contributed by atoms with Gasteiger partial charge in [0.2, 0.25) is 0 Å². The van der Waals surface area contributed by atoms with Crippen molar-refractivity contribution >= 4 is 11.7 Å². The van der Waals surface area contributed by atoms with Crippen molar-refractivity contribution in [3.8, 4) is 0 Å². The van der Waals surface area contributed by atoms with Crippen molar-refractivity contribution < 1.29 is 4.79 Å². The van der Waals surface area contributed by atoms with Gasteiger partial charge in [0, 0.05) is 18.8 Å². The van der Waals surface area contributed by atoms with Gasteiger partial charge < -0.3 is 15.5 Å². The minimum absolute atomic E-state index is 0.0475. The Morgan fingerprint density at radius 1 is 1.33 bits per heavy atom. The topological polar surface area (TPSA) is 57.3 Å². The van der Waals surface area contributed by atoms with Crippen molar-refractivity contribution in [2.24, 2.45) is 0 Å². The number of carbonyl (C=O) groups is 1. The molecule has 2 N–H and O–H groups in total. The number of amides is 1. The second kappa shape index (κ2) is 7.98. The second-order valence-corrected chi connectivity index (χ2v) is 5.97. The Hall–Kier alpha value is -1.62. The predicted octanol–water partition coefficient (Wildman–Crippen LogP) is 2.12. The minimum atomic E-state index is -0.0475. The van der Waals surface area contributed by atoms with Gasteiger partial charge in [-0.2, -0.15) is 0 Å². The minimum Gasteiger partial charge on any atom is -0.367 e. The molecule has 5 heteroatoms. The van der Waals surface area contributed by atoms with E-state index in [0.29, 0.717) is 18.2 Å². The molecular weight excluding hydrogens is 264 g/mol. The second-order valence-electron chi connectivity index (χ2n) is 5.97. The van der Waals surface area contributed by atoms with E-state index in [9.17, 15) is 4.79 Å². The number of rotatable bonds is 7. The summed E-state index contributed by atoms with van der Waals surface area (Å²) in [7, 11) is 4.06. The van der Waals surface area contributed by atoms with Crippen LogP contribution in [0.4, 0.5) is 5.82 Å². The number of nitrogens with one attached hydrogen (secondary N) is 2. The smallest absolute Gasteiger partial charge is 0.252 e. The van der Waals surface area contributed by atoms with Crippen molar-refractivity contribution in [2.75, 3.05) is 32.5 Å². The lowest BCUT2D eigenvalue weighted by atomic mass is 10.2. The van der Waals surface area contributed by atoms with E-state index in [4.69, 9.17) is 0 Å². The zero-order valence-corrected chi connectivity index (χ0v) is 13.1. The lowest BCUT2D eigenvalue weighted by Gasteiger charge is -2.13. The summed E-state index contributed by atoms with van der Waals surface area (Å²) < 4.78 is 0. The molecule has 1 saturated carbocycles. The standard InChI is InChI=1S/C16H26N4O/c1-20(2)11-5-10-17-16(21)13-8-9-15(18-12-13)19-14-6-3-4-7-14/h8-9,12,14H,3-7,10-11H2,1-2H3,(H,17,21)(H,18,19). The molecule has 1 aromatic heterocycles. The monoisotopic (exact) mass is 290 g/mol. The van der Waals surface area contributed by atoms with Crippen molar-refractivity contribution in [3.05, 3.63) is 23.9 Å². The fourth-order valence-electron chi connectivity index (χ4n) is 2.59. The highest BCUT2D eigenvalue weighted by molar-refractivity contribution is 5.94. The van der Waals surface area contributed by atoms with E-state index < -0.39 is 0 Å². The fourth-order valence-corrected chi connectivity index (χ4v) is 2.59. The van der Waals surface area contributed by atoms with Crippen molar-refractivity contribution in [2.45, 2.75) is 38.1 Å². The Morgan fingerprint density at radius 3 is 2.71 bits per heavy atom. The van der Waals surface area contributed by atoms with Gasteiger partial charge in [-0.05, 0) is 52.0 Å². The predicted molar refractivity (Wildman–Crippen MR) is 85.6 cm³/mol. The highest BCUT2D eigenvalue weighted by Gasteiger charge is 2.15. The van der Waals surface area contributed by atoms with E-state index in [1.54, 1.807) is 6.20 Å². The third-order valence-electron chi connectivity index (χ3n) is 3.80. The van der Waals surface area contributed by atoms with Gasteiger partial charge >= 0.3 is 0 Å². The average molecular weight is 290 g/mol. The zero-order chi connectivity index (χ0) is 15.1. The summed E-state index contributed by atoms with van der Waals surface area (Å²) in [5.74, 6) is 0.819. The number of hydrogen-bond acceptors (Lipinski definition) is 4. The van der Waals surface area contributed by atoms with Gasteiger partial charge in [0.1, 0.15) is 5.82 Å². The molecule has 1 heterocycles. The molecule has 1 aromatic rings. The number of aromatic nitrogens is 1. The van der Waals surface area contributed by atoms with Crippen LogP contribution in [-0.4, -0.2) is 49.0 Å². The average Bonchev–Trinajstić information content (AvgIpc) is 2.97. The summed E-state index contributed by atoms with van der Waals surface area (Å²) in [6.45, 7) is 1.67. The first kappa shape index (κ1) is 15.8. The molecule has 1 fully saturated rings. The van der Waals surface area contributed by atoms with Crippen LogP contribution in [0.1, 0.15) is 42.5 Å². The van der Waals surface area contributed by atoms with Gasteiger partial charge in [-0.3, -0.25) is 4.79 Å². The summed E-state index contributed by atoms with van der Waals surface area (Å²) in [5, 5.41) is 6.34. The Kier molecular flexibility index (Phi) is 5.99. The van der Waals surface area contributed by atoms with Gasteiger partial charge in [-0.25, -0.2) is 4.98 Å². The Labute approximate surface area is 127 Å². The Bertz CT molecular complexity index is 438. The van der Waals surface area contributed by atoms with Gasteiger partial charge in [-0.1, -0.05) is 12.8 Å². The van der Waals surface area contributed by atoms with Crippen LogP contribution in [0.2, 0.25) is 0 Å². The Morgan fingerprint density at radius 2 is 2.10 bits per heavy atom. The quantitative estimate of drug-likeness (QED) is 0.755. The van der Waals surface area contributed by atoms with Crippen LogP contribution >= 0.6 is 0 Å². The normalized spacial score (nSPS) is 15.4. The van der Waals surface area contributed by atoms with Crippen LogP contribution in [0, 0.1) is 0 Å². The molecule has 1 amide bonds. The van der Waals surface area contributed by atoms with E-state index in [2.05, 4.69) is 20.5 Å². The van der Waals surface area contributed by atoms with E-state index in [0.717, 1.165) is 18.8 Å².